The molecule has 1 amide bonds. The van der Waals surface area contributed by atoms with Gasteiger partial charge >= 0.3 is 0 Å². The number of aromatic nitrogens is 5. The van der Waals surface area contributed by atoms with E-state index >= 15 is 0 Å². The number of anilines is 1. The van der Waals surface area contributed by atoms with E-state index in [0.717, 1.165) is 0 Å². The second kappa shape index (κ2) is 5.91. The van der Waals surface area contributed by atoms with Crippen LogP contribution in [0.2, 0.25) is 10.4 Å². The van der Waals surface area contributed by atoms with Crippen molar-refractivity contribution in [3.63, 3.8) is 0 Å². The highest BCUT2D eigenvalue weighted by Gasteiger charge is 2.08. The van der Waals surface area contributed by atoms with Crippen molar-refractivity contribution in [3.05, 3.63) is 28.4 Å². The molecule has 0 saturated heterocycles. The van der Waals surface area contributed by atoms with E-state index in [9.17, 15) is 4.79 Å². The van der Waals surface area contributed by atoms with Crippen molar-refractivity contribution >= 4 is 34.9 Å². The van der Waals surface area contributed by atoms with E-state index in [1.54, 1.807) is 6.20 Å². The predicted octanol–water partition coefficient (Wildman–Crippen LogP) is 0.472. The standard InChI is InChI=1S/C9H9Cl2N7O/c10-6-1-7(15-9(11)13-6)14-8(19)4-18-3-5(2-12)16-17-18/h1,3H,2,4,12H2,(H,13,14,15,19). The summed E-state index contributed by atoms with van der Waals surface area (Å²) in [5, 5.41) is 10.1. The smallest absolute Gasteiger partial charge is 0.247 e. The molecule has 0 aliphatic rings. The third kappa shape index (κ3) is 3.85. The maximum Gasteiger partial charge on any atom is 0.247 e. The third-order valence-corrected chi connectivity index (χ3v) is 2.40. The first-order valence-corrected chi connectivity index (χ1v) is 5.91. The Labute approximate surface area is 117 Å². The van der Waals surface area contributed by atoms with Gasteiger partial charge in [-0.05, 0) is 11.6 Å². The number of carbonyl (C=O) groups is 1. The van der Waals surface area contributed by atoms with Gasteiger partial charge in [0, 0.05) is 12.6 Å². The Morgan fingerprint density at radius 2 is 2.21 bits per heavy atom. The Balaban J connectivity index is 2.00. The number of hydrogen-bond donors (Lipinski definition) is 2. The average Bonchev–Trinajstić information content (AvgIpc) is 2.74. The van der Waals surface area contributed by atoms with Gasteiger partial charge in [-0.2, -0.15) is 0 Å². The van der Waals surface area contributed by atoms with Gasteiger partial charge in [0.25, 0.3) is 0 Å². The third-order valence-electron chi connectivity index (χ3n) is 2.04. The molecular formula is C9H9Cl2N7O. The van der Waals surface area contributed by atoms with Gasteiger partial charge in [-0.25, -0.2) is 14.6 Å². The lowest BCUT2D eigenvalue weighted by Gasteiger charge is -2.04. The summed E-state index contributed by atoms with van der Waals surface area (Å²) >= 11 is 11.3. The minimum Gasteiger partial charge on any atom is -0.325 e. The molecule has 2 rings (SSSR count). The number of rotatable bonds is 4. The van der Waals surface area contributed by atoms with Crippen LogP contribution in [-0.2, 0) is 17.9 Å². The molecule has 0 aliphatic heterocycles. The van der Waals surface area contributed by atoms with Gasteiger partial charge in [0.05, 0.1) is 11.9 Å². The van der Waals surface area contributed by atoms with Gasteiger partial charge in [0.1, 0.15) is 17.5 Å². The first kappa shape index (κ1) is 13.7. The SMILES string of the molecule is NCc1cn(CC(=O)Nc2cc(Cl)nc(Cl)n2)nn1. The maximum atomic E-state index is 11.7. The van der Waals surface area contributed by atoms with Crippen LogP contribution in [0, 0.1) is 0 Å². The van der Waals surface area contributed by atoms with Crippen LogP contribution in [0.5, 0.6) is 0 Å². The number of nitrogens with two attached hydrogens (primary N) is 1. The fourth-order valence-corrected chi connectivity index (χ4v) is 1.70. The van der Waals surface area contributed by atoms with Crippen LogP contribution in [-0.4, -0.2) is 30.9 Å². The van der Waals surface area contributed by atoms with Crippen molar-refractivity contribution in [3.8, 4) is 0 Å². The Bertz CT molecular complexity index is 580. The Morgan fingerprint density at radius 3 is 2.84 bits per heavy atom. The van der Waals surface area contributed by atoms with Gasteiger partial charge in [-0.15, -0.1) is 5.10 Å². The summed E-state index contributed by atoms with van der Waals surface area (Å²) in [7, 11) is 0. The van der Waals surface area contributed by atoms with Gasteiger partial charge in [0.2, 0.25) is 11.2 Å². The van der Waals surface area contributed by atoms with Gasteiger partial charge in [-0.3, -0.25) is 4.79 Å². The summed E-state index contributed by atoms with van der Waals surface area (Å²) in [6.07, 6.45) is 1.58. The lowest BCUT2D eigenvalue weighted by Crippen LogP contribution is -2.20. The molecule has 0 unspecified atom stereocenters. The molecular weight excluding hydrogens is 293 g/mol. The zero-order chi connectivity index (χ0) is 13.8. The Kier molecular flexibility index (Phi) is 4.25. The van der Waals surface area contributed by atoms with Crippen LogP contribution in [0.15, 0.2) is 12.3 Å². The largest absolute Gasteiger partial charge is 0.325 e. The highest BCUT2D eigenvalue weighted by molar-refractivity contribution is 6.32. The lowest BCUT2D eigenvalue weighted by molar-refractivity contribution is -0.116. The fourth-order valence-electron chi connectivity index (χ4n) is 1.29. The zero-order valence-corrected chi connectivity index (χ0v) is 11.1. The molecule has 0 fully saturated rings. The molecule has 0 aliphatic carbocycles. The molecule has 100 valence electrons. The zero-order valence-electron chi connectivity index (χ0n) is 9.55. The molecule has 0 aromatic carbocycles. The minimum absolute atomic E-state index is 0.0216. The van der Waals surface area contributed by atoms with Gasteiger partial charge in [-0.1, -0.05) is 16.8 Å². The number of halogens is 2. The molecule has 8 nitrogen and oxygen atoms in total. The molecule has 0 atom stereocenters. The van der Waals surface area contributed by atoms with E-state index in [2.05, 4.69) is 25.6 Å². The highest BCUT2D eigenvalue weighted by atomic mass is 35.5. The Hall–Kier alpha value is -1.77. The predicted molar refractivity (Wildman–Crippen MR) is 68.6 cm³/mol. The van der Waals surface area contributed by atoms with Crippen molar-refractivity contribution in [2.24, 2.45) is 5.73 Å². The highest BCUT2D eigenvalue weighted by Crippen LogP contribution is 2.14. The maximum absolute atomic E-state index is 11.7. The topological polar surface area (TPSA) is 112 Å². The molecule has 19 heavy (non-hydrogen) atoms. The number of amides is 1. The van der Waals surface area contributed by atoms with Gasteiger partial charge in [0.15, 0.2) is 0 Å². The van der Waals surface area contributed by atoms with Crippen molar-refractivity contribution in [2.45, 2.75) is 13.1 Å². The normalized spacial score (nSPS) is 10.5. The quantitative estimate of drug-likeness (QED) is 0.627. The first-order valence-electron chi connectivity index (χ1n) is 5.16. The van der Waals surface area contributed by atoms with Crippen LogP contribution in [0.3, 0.4) is 0 Å². The number of nitrogens with one attached hydrogen (secondary N) is 1. The van der Waals surface area contributed by atoms with Crippen molar-refractivity contribution in [2.75, 3.05) is 5.32 Å². The summed E-state index contributed by atoms with van der Waals surface area (Å²) in [6.45, 7) is 0.241. The molecule has 10 heteroatoms. The molecule has 0 spiro atoms. The lowest BCUT2D eigenvalue weighted by atomic mass is 10.5. The summed E-state index contributed by atoms with van der Waals surface area (Å²) in [6, 6.07) is 1.39. The van der Waals surface area contributed by atoms with Crippen molar-refractivity contribution < 1.29 is 4.79 Å². The molecule has 0 radical (unpaired) electrons. The van der Waals surface area contributed by atoms with E-state index in [1.807, 2.05) is 0 Å². The summed E-state index contributed by atoms with van der Waals surface area (Å²) in [4.78, 5) is 19.2. The fraction of sp³-hybridized carbons (Fsp3) is 0.222. The van der Waals surface area contributed by atoms with E-state index in [-0.39, 0.29) is 35.3 Å². The molecule has 2 heterocycles. The molecule has 2 aromatic heterocycles. The van der Waals surface area contributed by atoms with Gasteiger partial charge < -0.3 is 11.1 Å². The van der Waals surface area contributed by atoms with Crippen molar-refractivity contribution in [1.82, 2.24) is 25.0 Å². The van der Waals surface area contributed by atoms with Crippen LogP contribution in [0.1, 0.15) is 5.69 Å². The number of hydrogen-bond acceptors (Lipinski definition) is 6. The van der Waals surface area contributed by atoms with Crippen molar-refractivity contribution in [1.29, 1.82) is 0 Å². The summed E-state index contributed by atoms with van der Waals surface area (Å²) < 4.78 is 1.36. The molecule has 2 aromatic rings. The summed E-state index contributed by atoms with van der Waals surface area (Å²) in [5.41, 5.74) is 5.99. The summed E-state index contributed by atoms with van der Waals surface area (Å²) in [5.74, 6) is -0.131. The minimum atomic E-state index is -0.348. The monoisotopic (exact) mass is 301 g/mol. The second-order valence-corrected chi connectivity index (χ2v) is 4.23. The van der Waals surface area contributed by atoms with Crippen LogP contribution < -0.4 is 11.1 Å². The molecule has 0 saturated carbocycles. The Morgan fingerprint density at radius 1 is 1.42 bits per heavy atom. The van der Waals surface area contributed by atoms with E-state index < -0.39 is 0 Å². The molecule has 0 bridgehead atoms. The van der Waals surface area contributed by atoms with E-state index in [1.165, 1.54) is 10.7 Å². The van der Waals surface area contributed by atoms with E-state index in [0.29, 0.717) is 5.69 Å². The second-order valence-electron chi connectivity index (χ2n) is 3.50. The first-order chi connectivity index (χ1) is 9.06. The van der Waals surface area contributed by atoms with Crippen LogP contribution in [0.4, 0.5) is 5.82 Å². The van der Waals surface area contributed by atoms with Crippen LogP contribution in [0.25, 0.3) is 0 Å². The van der Waals surface area contributed by atoms with Crippen LogP contribution >= 0.6 is 23.2 Å². The van der Waals surface area contributed by atoms with E-state index in [4.69, 9.17) is 28.9 Å². The number of carbonyl (C=O) groups excluding carboxylic acids is 1. The number of nitrogens with zero attached hydrogens (tertiary/aromatic N) is 5. The molecule has 3 N–H and O–H groups in total. The average molecular weight is 302 g/mol.